The molecule has 0 bridgehead atoms. The lowest BCUT2D eigenvalue weighted by Crippen LogP contribution is -2.20. The molecule has 0 amide bonds. The van der Waals surface area contributed by atoms with Gasteiger partial charge in [0.1, 0.15) is 0 Å². The molecule has 2 heteroatoms. The molecule has 2 nitrogen and oxygen atoms in total. The summed E-state index contributed by atoms with van der Waals surface area (Å²) < 4.78 is 0. The Hall–Kier alpha value is -2.42. The van der Waals surface area contributed by atoms with Crippen LogP contribution in [-0.2, 0) is 10.8 Å². The van der Waals surface area contributed by atoms with Crippen LogP contribution in [0, 0.1) is 0 Å². The van der Waals surface area contributed by atoms with E-state index in [4.69, 9.17) is 11.5 Å². The second-order valence-electron chi connectivity index (χ2n) is 12.6. The summed E-state index contributed by atoms with van der Waals surface area (Å²) in [5.41, 5.74) is 19.1. The van der Waals surface area contributed by atoms with Gasteiger partial charge in [-0.25, -0.2) is 0 Å². The second-order valence-corrected chi connectivity index (χ2v) is 12.6. The minimum absolute atomic E-state index is 0.143. The Balaban J connectivity index is 1.85. The van der Waals surface area contributed by atoms with Crippen molar-refractivity contribution in [1.29, 1.82) is 0 Å². The van der Waals surface area contributed by atoms with Crippen molar-refractivity contribution in [2.45, 2.75) is 109 Å². The van der Waals surface area contributed by atoms with Crippen LogP contribution >= 0.6 is 0 Å². The lowest BCUT2D eigenvalue weighted by molar-refractivity contribution is 0.439. The molecule has 4 N–H and O–H groups in total. The maximum absolute atomic E-state index is 5.98. The minimum Gasteiger partial charge on any atom is -0.328 e. The molecule has 3 aromatic rings. The topological polar surface area (TPSA) is 52.0 Å². The molecule has 0 spiro atoms. The number of rotatable bonds is 13. The van der Waals surface area contributed by atoms with Crippen LogP contribution in [0.1, 0.15) is 114 Å². The Morgan fingerprint density at radius 3 is 1.24 bits per heavy atom. The van der Waals surface area contributed by atoms with Gasteiger partial charge in [-0.3, -0.25) is 0 Å². The van der Waals surface area contributed by atoms with Crippen molar-refractivity contribution in [3.63, 3.8) is 0 Å². The molecule has 37 heavy (non-hydrogen) atoms. The molecule has 0 aliphatic heterocycles. The first-order valence-corrected chi connectivity index (χ1v) is 14.3. The fraction of sp³-hybridized carbons (Fsp3) is 0.486. The molecule has 2 atom stereocenters. The highest BCUT2D eigenvalue weighted by Gasteiger charge is 2.24. The van der Waals surface area contributed by atoms with Crippen molar-refractivity contribution < 1.29 is 0 Å². The van der Waals surface area contributed by atoms with Gasteiger partial charge in [-0.05, 0) is 78.2 Å². The van der Waals surface area contributed by atoms with Crippen molar-refractivity contribution >= 4 is 0 Å². The van der Waals surface area contributed by atoms with E-state index in [1.165, 1.54) is 27.8 Å². The van der Waals surface area contributed by atoms with Crippen LogP contribution in [0.4, 0.5) is 0 Å². The third kappa shape index (κ3) is 8.28. The molecule has 0 radical (unpaired) electrons. The zero-order valence-electron chi connectivity index (χ0n) is 24.1. The van der Waals surface area contributed by atoms with Gasteiger partial charge in [0.15, 0.2) is 0 Å². The van der Waals surface area contributed by atoms with E-state index in [9.17, 15) is 0 Å². The van der Waals surface area contributed by atoms with E-state index in [0.717, 1.165) is 38.5 Å². The zero-order chi connectivity index (χ0) is 27.1. The summed E-state index contributed by atoms with van der Waals surface area (Å²) in [6, 6.07) is 30.2. The molecule has 0 aliphatic rings. The third-order valence-corrected chi connectivity index (χ3v) is 8.11. The van der Waals surface area contributed by atoms with E-state index in [1.54, 1.807) is 0 Å². The molecule has 0 saturated heterocycles. The standard InChI is InChI=1S/C35H50N2/c1-26(36)12-10-24-34(3,4)31-20-16-29(17-21-31)33(28-14-8-7-9-15-28)30-18-22-32(23-19-30)35(5,6)25-11-13-27(2)37/h7-9,14-23,26-27,33H,10-13,24-25,36-37H2,1-6H3. The molecular weight excluding hydrogens is 448 g/mol. The van der Waals surface area contributed by atoms with Crippen LogP contribution in [0.5, 0.6) is 0 Å². The molecule has 3 rings (SSSR count). The average molecular weight is 499 g/mol. The Kier molecular flexibility index (Phi) is 10.2. The number of benzene rings is 3. The van der Waals surface area contributed by atoms with Gasteiger partial charge in [-0.1, -0.05) is 119 Å². The van der Waals surface area contributed by atoms with E-state index in [2.05, 4.69) is 120 Å². The number of nitrogens with two attached hydrogens (primary N) is 2. The Morgan fingerprint density at radius 2 is 0.892 bits per heavy atom. The smallest absolute Gasteiger partial charge is 0.0339 e. The monoisotopic (exact) mass is 498 g/mol. The lowest BCUT2D eigenvalue weighted by Gasteiger charge is -2.28. The molecule has 0 aromatic heterocycles. The van der Waals surface area contributed by atoms with Gasteiger partial charge in [0.05, 0.1) is 0 Å². The predicted molar refractivity (Wildman–Crippen MR) is 161 cm³/mol. The first-order valence-electron chi connectivity index (χ1n) is 14.3. The van der Waals surface area contributed by atoms with Gasteiger partial charge in [-0.15, -0.1) is 0 Å². The first-order chi connectivity index (χ1) is 17.5. The average Bonchev–Trinajstić information content (AvgIpc) is 2.85. The maximum atomic E-state index is 5.98. The van der Waals surface area contributed by atoms with Crippen LogP contribution < -0.4 is 11.5 Å². The minimum atomic E-state index is 0.143. The molecule has 0 saturated carbocycles. The zero-order valence-corrected chi connectivity index (χ0v) is 24.1. The van der Waals surface area contributed by atoms with Crippen LogP contribution in [0.3, 0.4) is 0 Å². The van der Waals surface area contributed by atoms with Crippen molar-refractivity contribution in [3.8, 4) is 0 Å². The Morgan fingerprint density at radius 1 is 0.541 bits per heavy atom. The van der Waals surface area contributed by atoms with Gasteiger partial charge in [-0.2, -0.15) is 0 Å². The predicted octanol–water partition coefficient (Wildman–Crippen LogP) is 8.46. The molecule has 200 valence electrons. The van der Waals surface area contributed by atoms with Gasteiger partial charge in [0, 0.05) is 18.0 Å². The van der Waals surface area contributed by atoms with Crippen LogP contribution in [0.2, 0.25) is 0 Å². The fourth-order valence-electron chi connectivity index (χ4n) is 5.50. The van der Waals surface area contributed by atoms with E-state index in [-0.39, 0.29) is 28.8 Å². The highest BCUT2D eigenvalue weighted by molar-refractivity contribution is 5.45. The molecule has 3 aromatic carbocycles. The molecule has 0 fully saturated rings. The Labute approximate surface area is 226 Å². The number of hydrogen-bond donors (Lipinski definition) is 2. The van der Waals surface area contributed by atoms with Crippen LogP contribution in [0.15, 0.2) is 78.9 Å². The summed E-state index contributed by atoms with van der Waals surface area (Å²) in [5.74, 6) is 0.215. The largest absolute Gasteiger partial charge is 0.328 e. The van der Waals surface area contributed by atoms with Crippen molar-refractivity contribution in [3.05, 3.63) is 107 Å². The summed E-state index contributed by atoms with van der Waals surface area (Å²) in [6.45, 7) is 13.6. The highest BCUT2D eigenvalue weighted by Crippen LogP contribution is 2.36. The molecular formula is C35H50N2. The van der Waals surface area contributed by atoms with Crippen molar-refractivity contribution in [1.82, 2.24) is 0 Å². The van der Waals surface area contributed by atoms with Crippen LogP contribution in [0.25, 0.3) is 0 Å². The van der Waals surface area contributed by atoms with E-state index < -0.39 is 0 Å². The summed E-state index contributed by atoms with van der Waals surface area (Å²) >= 11 is 0. The van der Waals surface area contributed by atoms with Crippen molar-refractivity contribution in [2.75, 3.05) is 0 Å². The Bertz CT molecular complexity index is 991. The SMILES string of the molecule is CC(N)CCCC(C)(C)c1ccc(C(c2ccccc2)c2ccc(C(C)(C)CCCC(C)N)cc2)cc1. The maximum Gasteiger partial charge on any atom is 0.0339 e. The second kappa shape index (κ2) is 12.9. The van der Waals surface area contributed by atoms with Crippen molar-refractivity contribution in [2.24, 2.45) is 11.5 Å². The highest BCUT2D eigenvalue weighted by atomic mass is 14.6. The first kappa shape index (κ1) is 29.1. The lowest BCUT2D eigenvalue weighted by atomic mass is 9.77. The van der Waals surface area contributed by atoms with Gasteiger partial charge >= 0.3 is 0 Å². The van der Waals surface area contributed by atoms with Gasteiger partial charge < -0.3 is 11.5 Å². The number of hydrogen-bond acceptors (Lipinski definition) is 2. The van der Waals surface area contributed by atoms with Gasteiger partial charge in [0.25, 0.3) is 0 Å². The summed E-state index contributed by atoms with van der Waals surface area (Å²) in [5, 5.41) is 0. The van der Waals surface area contributed by atoms with E-state index in [1.807, 2.05) is 0 Å². The summed E-state index contributed by atoms with van der Waals surface area (Å²) in [4.78, 5) is 0. The summed E-state index contributed by atoms with van der Waals surface area (Å²) in [7, 11) is 0. The van der Waals surface area contributed by atoms with Crippen LogP contribution in [-0.4, -0.2) is 12.1 Å². The quantitative estimate of drug-likeness (QED) is 0.232. The molecule has 0 aliphatic carbocycles. The third-order valence-electron chi connectivity index (χ3n) is 8.11. The molecule has 0 heterocycles. The fourth-order valence-corrected chi connectivity index (χ4v) is 5.50. The molecule has 2 unspecified atom stereocenters. The van der Waals surface area contributed by atoms with Gasteiger partial charge in [0.2, 0.25) is 0 Å². The summed E-state index contributed by atoms with van der Waals surface area (Å²) in [6.07, 6.45) is 6.78. The van der Waals surface area contributed by atoms with E-state index >= 15 is 0 Å². The normalized spacial score (nSPS) is 14.8. The van der Waals surface area contributed by atoms with E-state index in [0.29, 0.717) is 0 Å².